The Labute approximate surface area is 117 Å². The van der Waals surface area contributed by atoms with E-state index < -0.39 is 0 Å². The van der Waals surface area contributed by atoms with Gasteiger partial charge in [0.2, 0.25) is 0 Å². The number of hydrogen-bond acceptors (Lipinski definition) is 3. The third-order valence-corrected chi connectivity index (χ3v) is 4.20. The number of nitrogens with zero attached hydrogens (tertiary/aromatic N) is 1. The first kappa shape index (κ1) is 13.1. The number of halogens is 1. The molecule has 0 aliphatic carbocycles. The van der Waals surface area contributed by atoms with Crippen LogP contribution in [-0.2, 0) is 0 Å². The topological polar surface area (TPSA) is 43.1 Å². The zero-order valence-corrected chi connectivity index (χ0v) is 12.0. The molecule has 0 aliphatic rings. The molecule has 92 valence electrons. The third-order valence-electron chi connectivity index (χ3n) is 2.57. The van der Waals surface area contributed by atoms with Crippen LogP contribution in [0.1, 0.15) is 0 Å². The van der Waals surface area contributed by atoms with Crippen LogP contribution >= 0.6 is 27.7 Å². The van der Waals surface area contributed by atoms with E-state index in [2.05, 4.69) is 15.9 Å². The van der Waals surface area contributed by atoms with Crippen LogP contribution in [0.5, 0.6) is 0 Å². The first-order valence-corrected chi connectivity index (χ1v) is 7.23. The number of benzene rings is 2. The Hall–Kier alpha value is -1.33. The fourth-order valence-electron chi connectivity index (χ4n) is 1.74. The highest BCUT2D eigenvalue weighted by Crippen LogP contribution is 2.38. The van der Waals surface area contributed by atoms with Crippen LogP contribution in [-0.4, -0.2) is 11.2 Å². The number of nitro groups is 1. The normalized spacial score (nSPS) is 10.3. The molecule has 0 bridgehead atoms. The van der Waals surface area contributed by atoms with Gasteiger partial charge in [-0.05, 0) is 33.8 Å². The van der Waals surface area contributed by atoms with Crippen molar-refractivity contribution >= 4 is 33.4 Å². The molecule has 0 fully saturated rings. The van der Waals surface area contributed by atoms with Crippen molar-refractivity contribution in [3.8, 4) is 11.1 Å². The molecule has 18 heavy (non-hydrogen) atoms. The average molecular weight is 324 g/mol. The molecule has 0 unspecified atom stereocenters. The lowest BCUT2D eigenvalue weighted by molar-refractivity contribution is -0.385. The second-order valence-electron chi connectivity index (χ2n) is 3.60. The monoisotopic (exact) mass is 323 g/mol. The Bertz CT molecular complexity index is 601. The van der Waals surface area contributed by atoms with Crippen LogP contribution in [0.2, 0.25) is 0 Å². The van der Waals surface area contributed by atoms with Crippen molar-refractivity contribution in [3.05, 3.63) is 57.1 Å². The van der Waals surface area contributed by atoms with E-state index in [1.54, 1.807) is 17.8 Å². The minimum atomic E-state index is -0.380. The van der Waals surface area contributed by atoms with Crippen LogP contribution in [0.4, 0.5) is 5.69 Å². The summed E-state index contributed by atoms with van der Waals surface area (Å²) in [6.07, 6.45) is 1.99. The van der Waals surface area contributed by atoms with Crippen molar-refractivity contribution < 1.29 is 4.92 Å². The summed E-state index contributed by atoms with van der Waals surface area (Å²) in [5.74, 6) is 0. The van der Waals surface area contributed by atoms with Crippen LogP contribution < -0.4 is 0 Å². The Morgan fingerprint density at radius 3 is 2.44 bits per heavy atom. The van der Waals surface area contributed by atoms with Gasteiger partial charge in [0.15, 0.2) is 0 Å². The van der Waals surface area contributed by atoms with Crippen LogP contribution in [0.15, 0.2) is 51.8 Å². The summed E-state index contributed by atoms with van der Waals surface area (Å²) in [6.45, 7) is 0. The molecule has 0 aliphatic heterocycles. The van der Waals surface area contributed by atoms with Crippen molar-refractivity contribution in [2.24, 2.45) is 0 Å². The molecular formula is C13H10BrNO2S. The summed E-state index contributed by atoms with van der Waals surface area (Å²) >= 11 is 4.95. The molecule has 2 aromatic rings. The highest BCUT2D eigenvalue weighted by molar-refractivity contribution is 9.10. The van der Waals surface area contributed by atoms with Gasteiger partial charge in [0.25, 0.3) is 5.69 Å². The summed E-state index contributed by atoms with van der Waals surface area (Å²) in [5, 5.41) is 10.9. The molecule has 0 aromatic heterocycles. The predicted molar refractivity (Wildman–Crippen MR) is 78.0 cm³/mol. The number of hydrogen-bond donors (Lipinski definition) is 0. The van der Waals surface area contributed by atoms with Gasteiger partial charge in [0.1, 0.15) is 4.47 Å². The van der Waals surface area contributed by atoms with Crippen LogP contribution in [0.3, 0.4) is 0 Å². The maximum atomic E-state index is 10.9. The van der Waals surface area contributed by atoms with Gasteiger partial charge >= 0.3 is 0 Å². The standard InChI is InChI=1S/C13H10BrNO2S/c1-18-12-8-3-2-5-9(12)10-6-4-7-11(13(10)14)15(16)17/h2-8H,1H3. The largest absolute Gasteiger partial charge is 0.284 e. The van der Waals surface area contributed by atoms with Crippen molar-refractivity contribution in [3.63, 3.8) is 0 Å². The molecule has 2 rings (SSSR count). The maximum Gasteiger partial charge on any atom is 0.284 e. The Morgan fingerprint density at radius 2 is 1.78 bits per heavy atom. The predicted octanol–water partition coefficient (Wildman–Crippen LogP) is 4.75. The van der Waals surface area contributed by atoms with E-state index >= 15 is 0 Å². The lowest BCUT2D eigenvalue weighted by atomic mass is 10.1. The third kappa shape index (κ3) is 2.42. The van der Waals surface area contributed by atoms with Gasteiger partial charge in [0, 0.05) is 16.5 Å². The second-order valence-corrected chi connectivity index (χ2v) is 5.24. The highest BCUT2D eigenvalue weighted by atomic mass is 79.9. The molecule has 0 radical (unpaired) electrons. The van der Waals surface area contributed by atoms with E-state index in [9.17, 15) is 10.1 Å². The van der Waals surface area contributed by atoms with E-state index in [4.69, 9.17) is 0 Å². The first-order valence-electron chi connectivity index (χ1n) is 5.21. The second kappa shape index (κ2) is 5.54. The quantitative estimate of drug-likeness (QED) is 0.465. The molecule has 3 nitrogen and oxygen atoms in total. The SMILES string of the molecule is CSc1ccccc1-c1cccc([N+](=O)[O-])c1Br. The zero-order valence-electron chi connectivity index (χ0n) is 9.59. The Balaban J connectivity index is 2.64. The van der Waals surface area contributed by atoms with Gasteiger partial charge in [0.05, 0.1) is 4.92 Å². The fraction of sp³-hybridized carbons (Fsp3) is 0.0769. The van der Waals surface area contributed by atoms with E-state index in [1.165, 1.54) is 6.07 Å². The number of rotatable bonds is 3. The van der Waals surface area contributed by atoms with Crippen LogP contribution in [0.25, 0.3) is 11.1 Å². The van der Waals surface area contributed by atoms with Gasteiger partial charge in [-0.3, -0.25) is 10.1 Å². The fourth-order valence-corrected chi connectivity index (χ4v) is 2.97. The summed E-state index contributed by atoms with van der Waals surface area (Å²) in [5.41, 5.74) is 1.93. The first-order chi connectivity index (χ1) is 8.65. The van der Waals surface area contributed by atoms with Gasteiger partial charge in [-0.2, -0.15) is 0 Å². The zero-order chi connectivity index (χ0) is 13.1. The van der Waals surface area contributed by atoms with Crippen molar-refractivity contribution in [2.45, 2.75) is 4.90 Å². The van der Waals surface area contributed by atoms with Crippen molar-refractivity contribution in [2.75, 3.05) is 6.26 Å². The summed E-state index contributed by atoms with van der Waals surface area (Å²) in [6, 6.07) is 12.9. The van der Waals surface area contributed by atoms with E-state index in [0.717, 1.165) is 16.0 Å². The van der Waals surface area contributed by atoms with Crippen LogP contribution in [0, 0.1) is 10.1 Å². The van der Waals surface area contributed by atoms with Crippen molar-refractivity contribution in [1.82, 2.24) is 0 Å². The molecule has 0 heterocycles. The summed E-state index contributed by atoms with van der Waals surface area (Å²) in [4.78, 5) is 11.6. The Morgan fingerprint density at radius 1 is 1.11 bits per heavy atom. The summed E-state index contributed by atoms with van der Waals surface area (Å²) in [7, 11) is 0. The van der Waals surface area contributed by atoms with Gasteiger partial charge in [-0.25, -0.2) is 0 Å². The lowest BCUT2D eigenvalue weighted by Crippen LogP contribution is -1.91. The summed E-state index contributed by atoms with van der Waals surface area (Å²) < 4.78 is 0.525. The maximum absolute atomic E-state index is 10.9. The van der Waals surface area contributed by atoms with Gasteiger partial charge in [-0.15, -0.1) is 11.8 Å². The highest BCUT2D eigenvalue weighted by Gasteiger charge is 2.17. The van der Waals surface area contributed by atoms with Gasteiger partial charge < -0.3 is 0 Å². The van der Waals surface area contributed by atoms with E-state index in [0.29, 0.717) is 4.47 Å². The smallest absolute Gasteiger partial charge is 0.258 e. The minimum absolute atomic E-state index is 0.0865. The molecule has 2 aromatic carbocycles. The molecule has 0 amide bonds. The van der Waals surface area contributed by atoms with E-state index in [-0.39, 0.29) is 10.6 Å². The molecule has 0 N–H and O–H groups in total. The molecule has 0 spiro atoms. The number of nitro benzene ring substituents is 1. The molecule has 0 atom stereocenters. The average Bonchev–Trinajstić information content (AvgIpc) is 2.38. The number of thioether (sulfide) groups is 1. The molecule has 0 saturated carbocycles. The Kier molecular flexibility index (Phi) is 4.04. The molecule has 5 heteroatoms. The van der Waals surface area contributed by atoms with Crippen molar-refractivity contribution in [1.29, 1.82) is 0 Å². The molecule has 0 saturated heterocycles. The minimum Gasteiger partial charge on any atom is -0.258 e. The van der Waals surface area contributed by atoms with Gasteiger partial charge in [-0.1, -0.05) is 30.3 Å². The van der Waals surface area contributed by atoms with E-state index in [1.807, 2.05) is 36.6 Å². The molecular weight excluding hydrogens is 314 g/mol. The lowest BCUT2D eigenvalue weighted by Gasteiger charge is -2.09.